The van der Waals surface area contributed by atoms with Crippen molar-refractivity contribution in [3.63, 3.8) is 0 Å². The Morgan fingerprint density at radius 3 is 1.91 bits per heavy atom. The molecule has 0 aromatic rings. The highest BCUT2D eigenvalue weighted by molar-refractivity contribution is 5.09. The summed E-state index contributed by atoms with van der Waals surface area (Å²) in [6.45, 7) is 0. The molecule has 0 radical (unpaired) electrons. The van der Waals surface area contributed by atoms with E-state index in [1.165, 1.54) is 0 Å². The van der Waals surface area contributed by atoms with Crippen LogP contribution >= 0.6 is 0 Å². The van der Waals surface area contributed by atoms with E-state index < -0.39 is 0 Å². The predicted molar refractivity (Wildman–Crippen MR) is 36.1 cm³/mol. The van der Waals surface area contributed by atoms with Gasteiger partial charge in [-0.15, -0.1) is 0 Å². The Morgan fingerprint density at radius 1 is 0.818 bits per heavy atom. The largest absolute Gasteiger partial charge is 0.472 e. The molecule has 3 heteroatoms. The van der Waals surface area contributed by atoms with Gasteiger partial charge >= 0.3 is 0 Å². The second-order valence-corrected chi connectivity index (χ2v) is 2.96. The third-order valence-corrected chi connectivity index (χ3v) is 2.37. The van der Waals surface area contributed by atoms with Gasteiger partial charge in [0.05, 0.1) is 24.4 Å². The zero-order valence-electron chi connectivity index (χ0n) is 5.84. The highest BCUT2D eigenvalue weighted by Gasteiger charge is 2.48. The van der Waals surface area contributed by atoms with Crippen molar-refractivity contribution in [1.29, 1.82) is 0 Å². The minimum atomic E-state index is -0.102. The molecule has 0 aromatic carbocycles. The lowest BCUT2D eigenvalue weighted by Crippen LogP contribution is -2.13. The van der Waals surface area contributed by atoms with Crippen LogP contribution in [-0.2, 0) is 14.2 Å². The van der Waals surface area contributed by atoms with E-state index in [1.54, 1.807) is 12.5 Å². The number of hydrogen-bond donors (Lipinski definition) is 0. The molecule has 0 amide bonds. The fourth-order valence-corrected chi connectivity index (χ4v) is 1.79. The zero-order valence-corrected chi connectivity index (χ0v) is 5.84. The lowest BCUT2D eigenvalue weighted by atomic mass is 9.96. The van der Waals surface area contributed by atoms with Crippen molar-refractivity contribution in [3.8, 4) is 0 Å². The first kappa shape index (κ1) is 5.66. The molecule has 1 fully saturated rings. The first-order valence-corrected chi connectivity index (χ1v) is 3.75. The Bertz CT molecular complexity index is 209. The van der Waals surface area contributed by atoms with Crippen LogP contribution in [0, 0.1) is 11.8 Å². The maximum atomic E-state index is 5.44. The quantitative estimate of drug-likeness (QED) is 0.518. The van der Waals surface area contributed by atoms with Crippen LogP contribution in [0.5, 0.6) is 0 Å². The van der Waals surface area contributed by atoms with E-state index >= 15 is 0 Å². The van der Waals surface area contributed by atoms with Crippen LogP contribution in [0.4, 0.5) is 0 Å². The molecule has 3 aliphatic heterocycles. The van der Waals surface area contributed by atoms with Gasteiger partial charge in [0.2, 0.25) is 12.6 Å². The molecule has 1 unspecified atom stereocenters. The third-order valence-electron chi connectivity index (χ3n) is 2.37. The van der Waals surface area contributed by atoms with Crippen molar-refractivity contribution >= 4 is 0 Å². The van der Waals surface area contributed by atoms with E-state index in [4.69, 9.17) is 14.2 Å². The average molecular weight is 152 g/mol. The molecule has 0 aliphatic carbocycles. The summed E-state index contributed by atoms with van der Waals surface area (Å²) in [5.74, 6) is 0.720. The third kappa shape index (κ3) is 0.613. The maximum Gasteiger partial charge on any atom is 0.209 e. The Hall–Kier alpha value is -0.960. The van der Waals surface area contributed by atoms with Crippen LogP contribution in [0.2, 0.25) is 0 Å². The highest BCUT2D eigenvalue weighted by atomic mass is 16.8. The smallest absolute Gasteiger partial charge is 0.209 e. The van der Waals surface area contributed by atoms with Crippen molar-refractivity contribution < 1.29 is 14.2 Å². The lowest BCUT2D eigenvalue weighted by Gasteiger charge is -2.09. The van der Waals surface area contributed by atoms with Gasteiger partial charge in [-0.3, -0.25) is 0 Å². The van der Waals surface area contributed by atoms with Gasteiger partial charge in [-0.1, -0.05) is 0 Å². The molecule has 4 atom stereocenters. The Morgan fingerprint density at radius 2 is 1.36 bits per heavy atom. The van der Waals surface area contributed by atoms with Crippen LogP contribution < -0.4 is 0 Å². The molecule has 3 nitrogen and oxygen atoms in total. The monoisotopic (exact) mass is 152 g/mol. The Kier molecular flexibility index (Phi) is 0.924. The zero-order chi connectivity index (χ0) is 7.26. The van der Waals surface area contributed by atoms with Crippen LogP contribution in [0.15, 0.2) is 24.7 Å². The first-order chi connectivity index (χ1) is 5.45. The molecule has 0 aromatic heterocycles. The van der Waals surface area contributed by atoms with E-state index in [-0.39, 0.29) is 12.6 Å². The Balaban J connectivity index is 1.94. The molecule has 0 spiro atoms. The molecular weight excluding hydrogens is 144 g/mol. The van der Waals surface area contributed by atoms with E-state index in [2.05, 4.69) is 0 Å². The van der Waals surface area contributed by atoms with Crippen molar-refractivity contribution in [2.75, 3.05) is 0 Å². The molecule has 0 N–H and O–H groups in total. The Labute approximate surface area is 64.2 Å². The fourth-order valence-electron chi connectivity index (χ4n) is 1.79. The van der Waals surface area contributed by atoms with E-state index in [0.717, 1.165) is 0 Å². The van der Waals surface area contributed by atoms with Crippen molar-refractivity contribution in [3.05, 3.63) is 24.7 Å². The van der Waals surface area contributed by atoms with Gasteiger partial charge < -0.3 is 14.2 Å². The van der Waals surface area contributed by atoms with Gasteiger partial charge in [0.25, 0.3) is 0 Å². The molecule has 3 heterocycles. The molecule has 11 heavy (non-hydrogen) atoms. The van der Waals surface area contributed by atoms with Crippen LogP contribution in [-0.4, -0.2) is 12.6 Å². The molecule has 3 aliphatic rings. The summed E-state index contributed by atoms with van der Waals surface area (Å²) < 4.78 is 15.8. The van der Waals surface area contributed by atoms with Crippen LogP contribution in [0.3, 0.4) is 0 Å². The van der Waals surface area contributed by atoms with Gasteiger partial charge in [-0.05, 0) is 12.2 Å². The molecule has 1 saturated heterocycles. The van der Waals surface area contributed by atoms with Crippen molar-refractivity contribution in [2.24, 2.45) is 11.8 Å². The lowest BCUT2D eigenvalue weighted by molar-refractivity contribution is -0.166. The summed E-state index contributed by atoms with van der Waals surface area (Å²) in [5, 5.41) is 0. The molecular formula is C8H8O3. The van der Waals surface area contributed by atoms with E-state index in [1.807, 2.05) is 12.2 Å². The number of fused-ring (bicyclic) bond motifs is 3. The highest BCUT2D eigenvalue weighted by Crippen LogP contribution is 2.41. The van der Waals surface area contributed by atoms with Gasteiger partial charge in [-0.25, -0.2) is 0 Å². The SMILES string of the molecule is C1=CC2[C@@H](O1)O[C@@H]1OC=C[C@H]21. The fraction of sp³-hybridized carbons (Fsp3) is 0.500. The molecule has 0 saturated carbocycles. The topological polar surface area (TPSA) is 27.7 Å². The summed E-state index contributed by atoms with van der Waals surface area (Å²) >= 11 is 0. The predicted octanol–water partition coefficient (Wildman–Crippen LogP) is 0.989. The normalized spacial score (nSPS) is 50.2. The van der Waals surface area contributed by atoms with Crippen molar-refractivity contribution in [1.82, 2.24) is 0 Å². The number of rotatable bonds is 0. The minimum absolute atomic E-state index is 0.102. The number of hydrogen-bond acceptors (Lipinski definition) is 3. The van der Waals surface area contributed by atoms with Gasteiger partial charge in [-0.2, -0.15) is 0 Å². The second kappa shape index (κ2) is 1.80. The second-order valence-electron chi connectivity index (χ2n) is 2.96. The van der Waals surface area contributed by atoms with Gasteiger partial charge in [0, 0.05) is 0 Å². The maximum absolute atomic E-state index is 5.44. The summed E-state index contributed by atoms with van der Waals surface area (Å²) in [6, 6.07) is 0. The minimum Gasteiger partial charge on any atom is -0.472 e. The van der Waals surface area contributed by atoms with Gasteiger partial charge in [0.1, 0.15) is 0 Å². The molecule has 58 valence electrons. The summed E-state index contributed by atoms with van der Waals surface area (Å²) in [7, 11) is 0. The first-order valence-electron chi connectivity index (χ1n) is 3.75. The van der Waals surface area contributed by atoms with Crippen LogP contribution in [0.1, 0.15) is 0 Å². The molecule has 0 bridgehead atoms. The summed E-state index contributed by atoms with van der Waals surface area (Å²) in [5.41, 5.74) is 0. The molecule has 3 rings (SSSR count). The average Bonchev–Trinajstić information content (AvgIpc) is 2.52. The summed E-state index contributed by atoms with van der Waals surface area (Å²) in [4.78, 5) is 0. The van der Waals surface area contributed by atoms with Crippen LogP contribution in [0.25, 0.3) is 0 Å². The van der Waals surface area contributed by atoms with Gasteiger partial charge in [0.15, 0.2) is 0 Å². The van der Waals surface area contributed by atoms with Crippen molar-refractivity contribution in [2.45, 2.75) is 12.6 Å². The summed E-state index contributed by atoms with van der Waals surface area (Å²) in [6.07, 6.45) is 7.28. The van der Waals surface area contributed by atoms with E-state index in [0.29, 0.717) is 11.8 Å². The standard InChI is InChI=1S/C8H8O3/c1-3-9-7-5(1)6-2-4-10-8(6)11-7/h1-8H/t5-,6?,7+,8+/m1/s1. The van der Waals surface area contributed by atoms with E-state index in [9.17, 15) is 0 Å². The number of ether oxygens (including phenoxy) is 3.